The summed E-state index contributed by atoms with van der Waals surface area (Å²) in [4.78, 5) is 7.02. The van der Waals surface area contributed by atoms with E-state index < -0.39 is 0 Å². The summed E-state index contributed by atoms with van der Waals surface area (Å²) in [5.41, 5.74) is 1.07. The van der Waals surface area contributed by atoms with Crippen molar-refractivity contribution < 1.29 is 9.52 Å². The van der Waals surface area contributed by atoms with E-state index in [0.717, 1.165) is 29.6 Å². The molecule has 0 amide bonds. The largest absolute Gasteiger partial charge is 0.462 e. The number of thiazole rings is 1. The SMILES string of the molecule is OCCN(Cc1csc(-c2ccco2)n1)C1CCCC1. The van der Waals surface area contributed by atoms with Crippen LogP contribution in [0, 0.1) is 0 Å². The van der Waals surface area contributed by atoms with Crippen molar-refractivity contribution in [2.45, 2.75) is 38.3 Å². The van der Waals surface area contributed by atoms with Crippen LogP contribution in [0.3, 0.4) is 0 Å². The Kier molecular flexibility index (Phi) is 4.50. The standard InChI is InChI=1S/C15H20N2O2S/c18-8-7-17(13-4-1-2-5-13)10-12-11-20-15(16-12)14-6-3-9-19-14/h3,6,9,11,13,18H,1-2,4-5,7-8,10H2. The van der Waals surface area contributed by atoms with E-state index in [9.17, 15) is 5.11 Å². The molecular formula is C15H20N2O2S. The Morgan fingerprint density at radius 3 is 2.95 bits per heavy atom. The summed E-state index contributed by atoms with van der Waals surface area (Å²) in [7, 11) is 0. The first-order valence-electron chi connectivity index (χ1n) is 7.20. The lowest BCUT2D eigenvalue weighted by atomic mass is 10.2. The number of nitrogens with zero attached hydrogens (tertiary/aromatic N) is 2. The zero-order valence-electron chi connectivity index (χ0n) is 11.5. The van der Waals surface area contributed by atoms with Gasteiger partial charge in [0.1, 0.15) is 0 Å². The maximum absolute atomic E-state index is 9.26. The van der Waals surface area contributed by atoms with E-state index in [1.807, 2.05) is 12.1 Å². The number of hydrogen-bond acceptors (Lipinski definition) is 5. The van der Waals surface area contributed by atoms with Crippen molar-refractivity contribution in [3.8, 4) is 10.8 Å². The molecule has 1 N–H and O–H groups in total. The number of hydrogen-bond donors (Lipinski definition) is 1. The molecule has 2 aromatic rings. The molecule has 0 bridgehead atoms. The summed E-state index contributed by atoms with van der Waals surface area (Å²) in [5, 5.41) is 12.3. The number of aromatic nitrogens is 1. The van der Waals surface area contributed by atoms with Crippen LogP contribution in [0.25, 0.3) is 10.8 Å². The van der Waals surface area contributed by atoms with Crippen molar-refractivity contribution in [2.75, 3.05) is 13.2 Å². The Morgan fingerprint density at radius 1 is 1.40 bits per heavy atom. The summed E-state index contributed by atoms with van der Waals surface area (Å²) in [6.45, 7) is 1.77. The average Bonchev–Trinajstić information content (AvgIpc) is 3.20. The molecule has 0 atom stereocenters. The van der Waals surface area contributed by atoms with Gasteiger partial charge in [-0.3, -0.25) is 4.90 Å². The van der Waals surface area contributed by atoms with Gasteiger partial charge in [-0.1, -0.05) is 12.8 Å². The summed E-state index contributed by atoms with van der Waals surface area (Å²) in [5.74, 6) is 0.829. The van der Waals surface area contributed by atoms with Gasteiger partial charge in [-0.15, -0.1) is 11.3 Å². The van der Waals surface area contributed by atoms with Crippen LogP contribution in [0.2, 0.25) is 0 Å². The molecule has 3 rings (SSSR count). The quantitative estimate of drug-likeness (QED) is 0.888. The van der Waals surface area contributed by atoms with Crippen LogP contribution >= 0.6 is 11.3 Å². The summed E-state index contributed by atoms with van der Waals surface area (Å²) in [6, 6.07) is 4.42. The van der Waals surface area contributed by atoms with E-state index in [2.05, 4.69) is 15.3 Å². The monoisotopic (exact) mass is 292 g/mol. The highest BCUT2D eigenvalue weighted by Crippen LogP contribution is 2.27. The summed E-state index contributed by atoms with van der Waals surface area (Å²) >= 11 is 1.62. The van der Waals surface area contributed by atoms with Gasteiger partial charge in [-0.05, 0) is 25.0 Å². The maximum Gasteiger partial charge on any atom is 0.162 e. The second-order valence-electron chi connectivity index (χ2n) is 5.25. The molecule has 2 aromatic heterocycles. The Morgan fingerprint density at radius 2 is 2.25 bits per heavy atom. The van der Waals surface area contributed by atoms with E-state index in [1.54, 1.807) is 17.6 Å². The molecule has 2 heterocycles. The third-order valence-electron chi connectivity index (χ3n) is 3.88. The van der Waals surface area contributed by atoms with Crippen LogP contribution in [-0.2, 0) is 6.54 Å². The van der Waals surface area contributed by atoms with Gasteiger partial charge < -0.3 is 9.52 Å². The van der Waals surface area contributed by atoms with E-state index in [1.165, 1.54) is 25.7 Å². The van der Waals surface area contributed by atoms with Crippen LogP contribution in [0.1, 0.15) is 31.4 Å². The van der Waals surface area contributed by atoms with E-state index in [4.69, 9.17) is 4.42 Å². The fraction of sp³-hybridized carbons (Fsp3) is 0.533. The van der Waals surface area contributed by atoms with Crippen molar-refractivity contribution in [2.24, 2.45) is 0 Å². The molecule has 0 unspecified atom stereocenters. The zero-order valence-corrected chi connectivity index (χ0v) is 12.3. The van der Waals surface area contributed by atoms with Crippen LogP contribution in [0.4, 0.5) is 0 Å². The predicted molar refractivity (Wildman–Crippen MR) is 79.6 cm³/mol. The normalized spacial score (nSPS) is 16.3. The highest BCUT2D eigenvalue weighted by Gasteiger charge is 2.23. The third-order valence-corrected chi connectivity index (χ3v) is 4.78. The maximum atomic E-state index is 9.26. The minimum Gasteiger partial charge on any atom is -0.462 e. The van der Waals surface area contributed by atoms with E-state index in [0.29, 0.717) is 6.04 Å². The Labute approximate surface area is 123 Å². The average molecular weight is 292 g/mol. The molecule has 0 saturated heterocycles. The van der Waals surface area contributed by atoms with Gasteiger partial charge in [-0.2, -0.15) is 0 Å². The van der Waals surface area contributed by atoms with E-state index in [-0.39, 0.29) is 6.61 Å². The van der Waals surface area contributed by atoms with Gasteiger partial charge in [0.05, 0.1) is 18.6 Å². The number of aliphatic hydroxyl groups excluding tert-OH is 1. The van der Waals surface area contributed by atoms with Crippen molar-refractivity contribution >= 4 is 11.3 Å². The van der Waals surface area contributed by atoms with Crippen LogP contribution in [0.15, 0.2) is 28.2 Å². The number of aliphatic hydroxyl groups is 1. The van der Waals surface area contributed by atoms with Gasteiger partial charge in [0.2, 0.25) is 0 Å². The molecule has 1 saturated carbocycles. The molecule has 1 aliphatic carbocycles. The first-order chi connectivity index (χ1) is 9.86. The van der Waals surface area contributed by atoms with E-state index >= 15 is 0 Å². The summed E-state index contributed by atoms with van der Waals surface area (Å²) in [6.07, 6.45) is 6.78. The lowest BCUT2D eigenvalue weighted by Gasteiger charge is -2.27. The van der Waals surface area contributed by atoms with Crippen molar-refractivity contribution in [3.05, 3.63) is 29.5 Å². The molecule has 4 nitrogen and oxygen atoms in total. The van der Waals surface area contributed by atoms with Crippen molar-refractivity contribution in [3.63, 3.8) is 0 Å². The Balaban J connectivity index is 1.68. The zero-order chi connectivity index (χ0) is 13.8. The molecule has 5 heteroatoms. The smallest absolute Gasteiger partial charge is 0.162 e. The molecule has 0 aliphatic heterocycles. The first-order valence-corrected chi connectivity index (χ1v) is 8.08. The van der Waals surface area contributed by atoms with Gasteiger partial charge >= 0.3 is 0 Å². The molecular weight excluding hydrogens is 272 g/mol. The molecule has 1 fully saturated rings. The number of furan rings is 1. The predicted octanol–water partition coefficient (Wildman–Crippen LogP) is 3.14. The van der Waals surface area contributed by atoms with Crippen molar-refractivity contribution in [1.82, 2.24) is 9.88 Å². The second-order valence-corrected chi connectivity index (χ2v) is 6.11. The van der Waals surface area contributed by atoms with Gasteiger partial charge in [0.15, 0.2) is 10.8 Å². The second kappa shape index (κ2) is 6.52. The first kappa shape index (κ1) is 13.8. The molecule has 1 aliphatic rings. The van der Waals surface area contributed by atoms with Crippen LogP contribution < -0.4 is 0 Å². The summed E-state index contributed by atoms with van der Waals surface area (Å²) < 4.78 is 5.38. The minimum atomic E-state index is 0.214. The van der Waals surface area contributed by atoms with Crippen LogP contribution in [0.5, 0.6) is 0 Å². The molecule has 0 spiro atoms. The Bertz CT molecular complexity index is 518. The molecule has 108 valence electrons. The van der Waals surface area contributed by atoms with Gasteiger partial charge in [-0.25, -0.2) is 4.98 Å². The number of rotatable bonds is 6. The topological polar surface area (TPSA) is 49.5 Å². The lowest BCUT2D eigenvalue weighted by molar-refractivity contribution is 0.143. The van der Waals surface area contributed by atoms with Gasteiger partial charge in [0.25, 0.3) is 0 Å². The molecule has 0 aromatic carbocycles. The Hall–Kier alpha value is -1.17. The van der Waals surface area contributed by atoms with Crippen molar-refractivity contribution in [1.29, 1.82) is 0 Å². The third kappa shape index (κ3) is 3.11. The molecule has 20 heavy (non-hydrogen) atoms. The fourth-order valence-corrected chi connectivity index (χ4v) is 3.67. The van der Waals surface area contributed by atoms with Gasteiger partial charge in [0, 0.05) is 24.5 Å². The fourth-order valence-electron chi connectivity index (χ4n) is 2.89. The molecule has 0 radical (unpaired) electrons. The lowest BCUT2D eigenvalue weighted by Crippen LogP contribution is -2.35. The minimum absolute atomic E-state index is 0.214. The highest BCUT2D eigenvalue weighted by atomic mass is 32.1. The van der Waals surface area contributed by atoms with Crippen LogP contribution in [-0.4, -0.2) is 34.2 Å². The highest BCUT2D eigenvalue weighted by molar-refractivity contribution is 7.13.